The molecule has 1 heterocycles. The van der Waals surface area contributed by atoms with Gasteiger partial charge in [-0.25, -0.2) is 0 Å². The molecule has 0 amide bonds. The molecule has 5 N–H and O–H groups in total. The highest BCUT2D eigenvalue weighted by Gasteiger charge is 2.12. The summed E-state index contributed by atoms with van der Waals surface area (Å²) in [7, 11) is 3.42. The number of nitrogens with zero attached hydrogens (tertiary/aromatic N) is 4. The molecular formula is C27H33N7O. The van der Waals surface area contributed by atoms with E-state index in [1.165, 1.54) is 0 Å². The van der Waals surface area contributed by atoms with Crippen molar-refractivity contribution < 1.29 is 4.74 Å². The SMILES string of the molecule is CCCCC(=NCc1ccc(-c2ccccc2/C(N)=N/N)nc1)NC(=NC)c1ccccc1OC. The van der Waals surface area contributed by atoms with Crippen LogP contribution in [-0.4, -0.2) is 36.6 Å². The van der Waals surface area contributed by atoms with E-state index in [-0.39, 0.29) is 5.84 Å². The number of aromatic nitrogens is 1. The van der Waals surface area contributed by atoms with Gasteiger partial charge in [0.15, 0.2) is 5.84 Å². The number of pyridine rings is 1. The van der Waals surface area contributed by atoms with Crippen LogP contribution in [0, 0.1) is 0 Å². The van der Waals surface area contributed by atoms with E-state index in [2.05, 4.69) is 27.3 Å². The van der Waals surface area contributed by atoms with E-state index in [1.54, 1.807) is 14.2 Å². The average molecular weight is 472 g/mol. The van der Waals surface area contributed by atoms with Crippen molar-refractivity contribution in [2.45, 2.75) is 32.7 Å². The van der Waals surface area contributed by atoms with Crippen molar-refractivity contribution >= 4 is 17.5 Å². The van der Waals surface area contributed by atoms with Crippen molar-refractivity contribution in [3.05, 3.63) is 83.6 Å². The number of nitrogens with two attached hydrogens (primary N) is 2. The summed E-state index contributed by atoms with van der Waals surface area (Å²) >= 11 is 0. The van der Waals surface area contributed by atoms with E-state index in [0.717, 1.165) is 64.6 Å². The molecule has 0 saturated carbocycles. The second kappa shape index (κ2) is 12.9. The predicted molar refractivity (Wildman–Crippen MR) is 144 cm³/mol. The fraction of sp³-hybridized carbons (Fsp3) is 0.259. The molecule has 0 aliphatic heterocycles. The highest BCUT2D eigenvalue weighted by atomic mass is 16.5. The Balaban J connectivity index is 1.80. The lowest BCUT2D eigenvalue weighted by Crippen LogP contribution is -2.31. The lowest BCUT2D eigenvalue weighted by Gasteiger charge is -2.15. The number of hydrazone groups is 1. The summed E-state index contributed by atoms with van der Waals surface area (Å²) in [6, 6.07) is 19.4. The Morgan fingerprint density at radius 1 is 1.03 bits per heavy atom. The van der Waals surface area contributed by atoms with Crippen LogP contribution in [0.1, 0.15) is 42.9 Å². The lowest BCUT2D eigenvalue weighted by molar-refractivity contribution is 0.414. The van der Waals surface area contributed by atoms with Gasteiger partial charge in [0.05, 0.1) is 24.9 Å². The fourth-order valence-corrected chi connectivity index (χ4v) is 3.61. The standard InChI is InChI=1S/C27H33N7O/c1-4-5-14-25(33-27(30-2)22-12-8-9-13-24(22)35-3)32-18-19-15-16-23(31-17-19)20-10-6-7-11-21(20)26(28)34-29/h6-13,15-17H,4-5,14,18,29H2,1-3H3,(H2,28,34)(H,30,32,33). The number of ether oxygens (including phenoxy) is 1. The first-order chi connectivity index (χ1) is 17.1. The van der Waals surface area contributed by atoms with Crippen molar-refractivity contribution in [2.75, 3.05) is 14.2 Å². The molecule has 182 valence electrons. The van der Waals surface area contributed by atoms with E-state index in [1.807, 2.05) is 66.9 Å². The van der Waals surface area contributed by atoms with Gasteiger partial charge in [-0.05, 0) is 30.2 Å². The maximum Gasteiger partial charge on any atom is 0.150 e. The highest BCUT2D eigenvalue weighted by molar-refractivity contribution is 6.10. The number of methoxy groups -OCH3 is 1. The Kier molecular flexibility index (Phi) is 9.36. The van der Waals surface area contributed by atoms with Gasteiger partial charge in [-0.1, -0.05) is 55.8 Å². The molecular weight excluding hydrogens is 438 g/mol. The predicted octanol–water partition coefficient (Wildman–Crippen LogP) is 4.09. The molecule has 0 spiro atoms. The first kappa shape index (κ1) is 25.4. The molecule has 0 aliphatic rings. The van der Waals surface area contributed by atoms with Crippen molar-refractivity contribution in [2.24, 2.45) is 26.7 Å². The highest BCUT2D eigenvalue weighted by Crippen LogP contribution is 2.22. The molecule has 3 aromatic rings. The summed E-state index contributed by atoms with van der Waals surface area (Å²) in [4.78, 5) is 13.9. The van der Waals surface area contributed by atoms with Crippen LogP contribution >= 0.6 is 0 Å². The van der Waals surface area contributed by atoms with Gasteiger partial charge in [-0.2, -0.15) is 5.10 Å². The monoisotopic (exact) mass is 471 g/mol. The molecule has 0 radical (unpaired) electrons. The number of benzene rings is 2. The van der Waals surface area contributed by atoms with E-state index in [0.29, 0.717) is 6.54 Å². The number of rotatable bonds is 9. The molecule has 1 aromatic heterocycles. The quantitative estimate of drug-likeness (QED) is 0.188. The lowest BCUT2D eigenvalue weighted by atomic mass is 10.0. The zero-order valence-corrected chi connectivity index (χ0v) is 20.5. The topological polar surface area (TPSA) is 123 Å². The summed E-state index contributed by atoms with van der Waals surface area (Å²) in [5, 5.41) is 7.05. The van der Waals surface area contributed by atoms with Crippen LogP contribution < -0.4 is 21.6 Å². The van der Waals surface area contributed by atoms with Gasteiger partial charge in [0.2, 0.25) is 0 Å². The van der Waals surface area contributed by atoms with Crippen LogP contribution in [0.15, 0.2) is 81.9 Å². The number of aliphatic imine (C=N–C) groups is 2. The van der Waals surface area contributed by atoms with Crippen molar-refractivity contribution in [3.63, 3.8) is 0 Å². The molecule has 2 aromatic carbocycles. The second-order valence-corrected chi connectivity index (χ2v) is 7.88. The zero-order valence-electron chi connectivity index (χ0n) is 20.5. The molecule has 0 aliphatic carbocycles. The Hall–Kier alpha value is -4.20. The molecule has 0 fully saturated rings. The van der Waals surface area contributed by atoms with Crippen molar-refractivity contribution in [1.29, 1.82) is 0 Å². The van der Waals surface area contributed by atoms with E-state index < -0.39 is 0 Å². The third kappa shape index (κ3) is 6.66. The summed E-state index contributed by atoms with van der Waals surface area (Å²) < 4.78 is 5.51. The van der Waals surface area contributed by atoms with Crippen LogP contribution in [0.25, 0.3) is 11.3 Å². The Morgan fingerprint density at radius 3 is 2.43 bits per heavy atom. The van der Waals surface area contributed by atoms with E-state index in [4.69, 9.17) is 21.3 Å². The van der Waals surface area contributed by atoms with E-state index in [9.17, 15) is 0 Å². The smallest absolute Gasteiger partial charge is 0.150 e. The number of para-hydroxylation sites is 1. The van der Waals surface area contributed by atoms with Gasteiger partial charge in [0.1, 0.15) is 17.4 Å². The van der Waals surface area contributed by atoms with Gasteiger partial charge in [0.25, 0.3) is 0 Å². The number of unbranched alkanes of at least 4 members (excludes halogenated alkanes) is 1. The normalized spacial score (nSPS) is 12.5. The Labute approximate surface area is 206 Å². The summed E-state index contributed by atoms with van der Waals surface area (Å²) in [6.07, 6.45) is 4.74. The number of nitrogens with one attached hydrogen (secondary N) is 1. The minimum atomic E-state index is 0.270. The number of amidine groups is 3. The van der Waals surface area contributed by atoms with Gasteiger partial charge in [-0.3, -0.25) is 15.0 Å². The molecule has 3 rings (SSSR count). The molecule has 0 bridgehead atoms. The first-order valence-electron chi connectivity index (χ1n) is 11.6. The Bertz CT molecular complexity index is 1200. The minimum Gasteiger partial charge on any atom is -0.496 e. The fourth-order valence-electron chi connectivity index (χ4n) is 3.61. The molecule has 35 heavy (non-hydrogen) atoms. The van der Waals surface area contributed by atoms with Gasteiger partial charge in [0, 0.05) is 30.8 Å². The van der Waals surface area contributed by atoms with Gasteiger partial charge >= 0.3 is 0 Å². The summed E-state index contributed by atoms with van der Waals surface area (Å²) in [6.45, 7) is 2.66. The molecule has 8 nitrogen and oxygen atoms in total. The van der Waals surface area contributed by atoms with E-state index >= 15 is 0 Å². The van der Waals surface area contributed by atoms with Crippen LogP contribution in [0.3, 0.4) is 0 Å². The van der Waals surface area contributed by atoms with Crippen LogP contribution in [-0.2, 0) is 6.54 Å². The first-order valence-corrected chi connectivity index (χ1v) is 11.6. The molecule has 0 saturated heterocycles. The molecule has 0 unspecified atom stereocenters. The number of hydrogen-bond acceptors (Lipinski definition) is 6. The van der Waals surface area contributed by atoms with Crippen LogP contribution in [0.2, 0.25) is 0 Å². The minimum absolute atomic E-state index is 0.270. The summed E-state index contributed by atoms with van der Waals surface area (Å²) in [5.74, 6) is 8.01. The van der Waals surface area contributed by atoms with Gasteiger partial charge < -0.3 is 21.6 Å². The third-order valence-corrected chi connectivity index (χ3v) is 5.51. The van der Waals surface area contributed by atoms with Crippen LogP contribution in [0.5, 0.6) is 5.75 Å². The maximum absolute atomic E-state index is 5.95. The summed E-state index contributed by atoms with van der Waals surface area (Å²) in [5.41, 5.74) is 10.3. The van der Waals surface area contributed by atoms with Crippen molar-refractivity contribution in [1.82, 2.24) is 10.3 Å². The second-order valence-electron chi connectivity index (χ2n) is 7.88. The molecule has 0 atom stereocenters. The molecule has 8 heteroatoms. The maximum atomic E-state index is 5.95. The van der Waals surface area contributed by atoms with Crippen molar-refractivity contribution in [3.8, 4) is 17.0 Å². The largest absolute Gasteiger partial charge is 0.496 e. The average Bonchev–Trinajstić information content (AvgIpc) is 2.92. The number of hydrogen-bond donors (Lipinski definition) is 3. The zero-order chi connectivity index (χ0) is 25.0. The van der Waals surface area contributed by atoms with Crippen LogP contribution in [0.4, 0.5) is 0 Å². The van der Waals surface area contributed by atoms with Gasteiger partial charge in [-0.15, -0.1) is 0 Å². The Morgan fingerprint density at radius 2 is 1.77 bits per heavy atom. The third-order valence-electron chi connectivity index (χ3n) is 5.51.